The first kappa shape index (κ1) is 25.0. The maximum absolute atomic E-state index is 13.5. The summed E-state index contributed by atoms with van der Waals surface area (Å²) in [6, 6.07) is 9.07. The van der Waals surface area contributed by atoms with Gasteiger partial charge >= 0.3 is 6.43 Å². The summed E-state index contributed by atoms with van der Waals surface area (Å²) in [5, 5.41) is 0. The molecule has 0 bridgehead atoms. The van der Waals surface area contributed by atoms with Crippen LogP contribution in [0.2, 0.25) is 0 Å². The number of halogens is 3. The lowest BCUT2D eigenvalue weighted by molar-refractivity contribution is -0.0689. The number of aromatic nitrogens is 5. The van der Waals surface area contributed by atoms with Gasteiger partial charge in [-0.25, -0.2) is 37.1 Å². The minimum Gasteiger partial charge on any atom is -0.494 e. The Balaban J connectivity index is 2.00. The Hall–Kier alpha value is -4.14. The van der Waals surface area contributed by atoms with Crippen molar-refractivity contribution in [3.05, 3.63) is 42.6 Å². The molecule has 1 aromatic carbocycles. The van der Waals surface area contributed by atoms with Crippen molar-refractivity contribution in [2.45, 2.75) is 12.8 Å². The molecule has 36 heavy (non-hydrogen) atoms. The van der Waals surface area contributed by atoms with Gasteiger partial charge in [0.1, 0.15) is 22.9 Å². The summed E-state index contributed by atoms with van der Waals surface area (Å²) in [7, 11) is -0.819. The van der Waals surface area contributed by atoms with Gasteiger partial charge in [-0.3, -0.25) is 9.29 Å². The Morgan fingerprint density at radius 1 is 0.972 bits per heavy atom. The quantitative estimate of drug-likeness (QED) is 0.351. The van der Waals surface area contributed by atoms with E-state index in [1.54, 1.807) is 18.2 Å². The summed E-state index contributed by atoms with van der Waals surface area (Å²) in [4.78, 5) is 17.1. The SMILES string of the molecule is COc1cccc(OC)c1-n1c(-c2cccc(OC(F)C(F)F)n2)nc2ncc(NS(C)(=O)=O)nc21. The Labute approximate surface area is 202 Å². The van der Waals surface area contributed by atoms with Crippen molar-refractivity contribution < 1.29 is 35.8 Å². The Kier molecular flexibility index (Phi) is 6.83. The average Bonchev–Trinajstić information content (AvgIpc) is 3.20. The molecule has 11 nitrogen and oxygen atoms in total. The summed E-state index contributed by atoms with van der Waals surface area (Å²) < 4.78 is 81.6. The first-order valence-electron chi connectivity index (χ1n) is 10.1. The van der Waals surface area contributed by atoms with E-state index in [1.165, 1.54) is 43.2 Å². The van der Waals surface area contributed by atoms with E-state index in [2.05, 4.69) is 29.4 Å². The van der Waals surface area contributed by atoms with Gasteiger partial charge < -0.3 is 14.2 Å². The average molecular weight is 524 g/mol. The summed E-state index contributed by atoms with van der Waals surface area (Å²) in [6.07, 6.45) is -4.12. The molecule has 0 saturated carbocycles. The lowest BCUT2D eigenvalue weighted by atomic mass is 10.2. The van der Waals surface area contributed by atoms with Crippen molar-refractivity contribution in [3.8, 4) is 34.6 Å². The van der Waals surface area contributed by atoms with Gasteiger partial charge in [-0.1, -0.05) is 12.1 Å². The monoisotopic (exact) mass is 524 g/mol. The number of ether oxygens (including phenoxy) is 3. The van der Waals surface area contributed by atoms with Gasteiger partial charge in [-0.2, -0.15) is 4.39 Å². The molecule has 0 fully saturated rings. The molecular weight excluding hydrogens is 505 g/mol. The van der Waals surface area contributed by atoms with Crippen molar-refractivity contribution in [2.75, 3.05) is 25.2 Å². The Morgan fingerprint density at radius 2 is 1.64 bits per heavy atom. The molecule has 3 heterocycles. The molecule has 0 saturated heterocycles. The van der Waals surface area contributed by atoms with Crippen LogP contribution in [0, 0.1) is 0 Å². The molecule has 0 radical (unpaired) electrons. The highest BCUT2D eigenvalue weighted by molar-refractivity contribution is 7.92. The van der Waals surface area contributed by atoms with Gasteiger partial charge in [0.15, 0.2) is 22.9 Å². The van der Waals surface area contributed by atoms with Gasteiger partial charge in [-0.05, 0) is 18.2 Å². The van der Waals surface area contributed by atoms with Crippen LogP contribution in [0.3, 0.4) is 0 Å². The number of hydrogen-bond donors (Lipinski definition) is 1. The Morgan fingerprint density at radius 3 is 2.25 bits per heavy atom. The lowest BCUT2D eigenvalue weighted by Gasteiger charge is -2.16. The van der Waals surface area contributed by atoms with E-state index < -0.39 is 28.7 Å². The number of pyridine rings is 1. The van der Waals surface area contributed by atoms with Gasteiger partial charge in [-0.15, -0.1) is 0 Å². The van der Waals surface area contributed by atoms with Crippen LogP contribution in [-0.2, 0) is 10.0 Å². The zero-order valence-electron chi connectivity index (χ0n) is 19.0. The molecule has 1 atom stereocenters. The number of anilines is 1. The van der Waals surface area contributed by atoms with E-state index in [9.17, 15) is 21.6 Å². The van der Waals surface area contributed by atoms with Gasteiger partial charge in [0, 0.05) is 6.07 Å². The summed E-state index contributed by atoms with van der Waals surface area (Å²) in [6.45, 7) is 0. The fourth-order valence-electron chi connectivity index (χ4n) is 3.30. The molecule has 4 aromatic rings. The molecule has 1 N–H and O–H groups in total. The second-order valence-corrected chi connectivity index (χ2v) is 8.97. The zero-order valence-corrected chi connectivity index (χ0v) is 19.8. The number of imidazole rings is 1. The predicted molar refractivity (Wildman–Crippen MR) is 123 cm³/mol. The lowest BCUT2D eigenvalue weighted by Crippen LogP contribution is -2.20. The minimum absolute atomic E-state index is 0.0827. The number of para-hydroxylation sites is 1. The number of nitrogens with one attached hydrogen (secondary N) is 1. The first-order chi connectivity index (χ1) is 17.1. The van der Waals surface area contributed by atoms with Crippen LogP contribution in [0.5, 0.6) is 17.4 Å². The number of benzene rings is 1. The molecule has 0 aliphatic rings. The number of hydrogen-bond acceptors (Lipinski definition) is 9. The standard InChI is InChI=1S/C21H19F3N6O5S/c1-33-12-7-5-8-13(34-2)16(12)30-20(11-6-4-9-15(26-11)35-18(24)17(22)23)28-19-21(30)27-14(10-25-19)29-36(3,31)32/h4-10,17-18H,1-3H3,(H,27,29). The van der Waals surface area contributed by atoms with Crippen LogP contribution in [0.15, 0.2) is 42.6 Å². The molecule has 15 heteroatoms. The van der Waals surface area contributed by atoms with Crippen LogP contribution in [0.4, 0.5) is 19.0 Å². The van der Waals surface area contributed by atoms with Crippen LogP contribution in [0.25, 0.3) is 28.5 Å². The molecule has 0 aliphatic heterocycles. The summed E-state index contributed by atoms with van der Waals surface area (Å²) >= 11 is 0. The predicted octanol–water partition coefficient (Wildman–Crippen LogP) is 3.21. The number of methoxy groups -OCH3 is 2. The number of rotatable bonds is 9. The van der Waals surface area contributed by atoms with Crippen molar-refractivity contribution in [1.82, 2.24) is 24.5 Å². The second kappa shape index (κ2) is 9.85. The largest absolute Gasteiger partial charge is 0.494 e. The minimum atomic E-state index is -3.68. The molecule has 0 amide bonds. The first-order valence-corrected chi connectivity index (χ1v) is 12.0. The molecule has 190 valence electrons. The van der Waals surface area contributed by atoms with Crippen molar-refractivity contribution >= 4 is 27.1 Å². The molecule has 4 rings (SSSR count). The summed E-state index contributed by atoms with van der Waals surface area (Å²) in [5.74, 6) is 0.237. The fourth-order valence-corrected chi connectivity index (χ4v) is 3.78. The van der Waals surface area contributed by atoms with Crippen LogP contribution < -0.4 is 18.9 Å². The highest BCUT2D eigenvalue weighted by Crippen LogP contribution is 2.38. The van der Waals surface area contributed by atoms with Crippen LogP contribution in [0.1, 0.15) is 0 Å². The zero-order chi connectivity index (χ0) is 26.0. The molecule has 0 spiro atoms. The van der Waals surface area contributed by atoms with Crippen molar-refractivity contribution in [2.24, 2.45) is 0 Å². The van der Waals surface area contributed by atoms with Crippen molar-refractivity contribution in [1.29, 1.82) is 0 Å². The number of fused-ring (bicyclic) bond motifs is 1. The topological polar surface area (TPSA) is 130 Å². The van der Waals surface area contributed by atoms with E-state index in [4.69, 9.17) is 9.47 Å². The molecule has 1 unspecified atom stereocenters. The third-order valence-corrected chi connectivity index (χ3v) is 5.25. The molecule has 0 aliphatic carbocycles. The van der Waals surface area contributed by atoms with Gasteiger partial charge in [0.25, 0.3) is 6.36 Å². The molecule has 3 aromatic heterocycles. The number of alkyl halides is 3. The normalized spacial score (nSPS) is 12.5. The van der Waals surface area contributed by atoms with E-state index in [-0.39, 0.29) is 28.6 Å². The number of sulfonamides is 1. The highest BCUT2D eigenvalue weighted by Gasteiger charge is 2.25. The van der Waals surface area contributed by atoms with E-state index >= 15 is 0 Å². The summed E-state index contributed by atoms with van der Waals surface area (Å²) in [5.41, 5.74) is 0.570. The third kappa shape index (κ3) is 5.10. The third-order valence-electron chi connectivity index (χ3n) is 4.67. The Bertz CT molecular complexity index is 1490. The highest BCUT2D eigenvalue weighted by atomic mass is 32.2. The van der Waals surface area contributed by atoms with E-state index in [0.29, 0.717) is 17.2 Å². The van der Waals surface area contributed by atoms with Gasteiger partial charge in [0.05, 0.1) is 26.7 Å². The maximum Gasteiger partial charge on any atom is 0.304 e. The second-order valence-electron chi connectivity index (χ2n) is 7.22. The smallest absolute Gasteiger partial charge is 0.304 e. The van der Waals surface area contributed by atoms with Crippen molar-refractivity contribution in [3.63, 3.8) is 0 Å². The maximum atomic E-state index is 13.5. The van der Waals surface area contributed by atoms with E-state index in [0.717, 1.165) is 6.26 Å². The van der Waals surface area contributed by atoms with Crippen LogP contribution in [-0.4, -0.2) is 66.2 Å². The van der Waals surface area contributed by atoms with E-state index in [1.807, 2.05) is 0 Å². The fraction of sp³-hybridized carbons (Fsp3) is 0.238. The van der Waals surface area contributed by atoms with Crippen LogP contribution >= 0.6 is 0 Å². The number of nitrogens with zero attached hydrogens (tertiary/aromatic N) is 5. The van der Waals surface area contributed by atoms with Gasteiger partial charge in [0.2, 0.25) is 15.9 Å². The molecular formula is C21H19F3N6O5S.